The van der Waals surface area contributed by atoms with E-state index in [1.54, 1.807) is 13.8 Å². The topological polar surface area (TPSA) is 215 Å². The highest BCUT2D eigenvalue weighted by Gasteiger charge is 2.71. The van der Waals surface area contributed by atoms with E-state index < -0.39 is 96.9 Å². The monoisotopic (exact) mass is 850 g/mol. The third kappa shape index (κ3) is 7.98. The van der Waals surface area contributed by atoms with Gasteiger partial charge in [0.25, 0.3) is 6.47 Å². The van der Waals surface area contributed by atoms with Crippen molar-refractivity contribution in [2.75, 3.05) is 6.61 Å². The van der Waals surface area contributed by atoms with Crippen molar-refractivity contribution in [3.63, 3.8) is 0 Å². The highest BCUT2D eigenvalue weighted by molar-refractivity contribution is 5.85. The molecule has 3 saturated heterocycles. The molecule has 4 saturated carbocycles. The average molecular weight is 851 g/mol. The zero-order chi connectivity index (χ0) is 42.9. The van der Waals surface area contributed by atoms with E-state index in [1.807, 2.05) is 6.92 Å². The summed E-state index contributed by atoms with van der Waals surface area (Å²) in [6.07, 6.45) is -1.50. The van der Waals surface area contributed by atoms with Gasteiger partial charge in [0.1, 0.15) is 37.1 Å². The van der Waals surface area contributed by atoms with Crippen LogP contribution in [-0.4, -0.2) is 137 Å². The van der Waals surface area contributed by atoms with Gasteiger partial charge in [-0.1, -0.05) is 13.8 Å². The van der Waals surface area contributed by atoms with E-state index in [-0.39, 0.29) is 61.1 Å². The number of rotatable bonds is 10. The number of esters is 2. The smallest absolute Gasteiger partial charge is 0.331 e. The quantitative estimate of drug-likeness (QED) is 0.108. The molecule has 4 aliphatic heterocycles. The second-order valence-corrected chi connectivity index (χ2v) is 19.7. The molecule has 0 aromatic rings. The van der Waals surface area contributed by atoms with Crippen LogP contribution in [-0.2, 0) is 57.0 Å². The van der Waals surface area contributed by atoms with E-state index >= 15 is 0 Å². The second-order valence-electron chi connectivity index (χ2n) is 19.7. The lowest BCUT2D eigenvalue weighted by Gasteiger charge is -2.63. The summed E-state index contributed by atoms with van der Waals surface area (Å²) < 4.78 is 53.4. The van der Waals surface area contributed by atoms with Crippen LogP contribution in [0.15, 0.2) is 11.6 Å². The van der Waals surface area contributed by atoms with Crippen molar-refractivity contribution in [3.05, 3.63) is 11.6 Å². The molecule has 8 rings (SSSR count). The normalized spacial score (nSPS) is 51.6. The van der Waals surface area contributed by atoms with Crippen LogP contribution < -0.4 is 0 Å². The Morgan fingerprint density at radius 3 is 2.03 bits per heavy atom. The van der Waals surface area contributed by atoms with Crippen molar-refractivity contribution < 1.29 is 77.4 Å². The number of fused-ring (bicyclic) bond motifs is 5. The van der Waals surface area contributed by atoms with Crippen molar-refractivity contribution in [3.8, 4) is 0 Å². The summed E-state index contributed by atoms with van der Waals surface area (Å²) in [5.74, 6) is -0.482. The molecule has 21 unspecified atom stereocenters. The predicted octanol–water partition coefficient (Wildman–Crippen LogP) is 2.97. The van der Waals surface area contributed by atoms with Gasteiger partial charge in [-0.25, -0.2) is 4.79 Å². The fourth-order valence-corrected chi connectivity index (χ4v) is 13.3. The van der Waals surface area contributed by atoms with Gasteiger partial charge in [0.05, 0.1) is 42.2 Å². The number of carbonyl (C=O) groups excluding carboxylic acids is 3. The molecule has 8 aliphatic rings. The van der Waals surface area contributed by atoms with E-state index in [0.29, 0.717) is 18.8 Å². The fraction of sp³-hybridized carbons (Fsp3) is 0.886. The maximum absolute atomic E-state index is 12.8. The molecule has 0 aromatic heterocycles. The van der Waals surface area contributed by atoms with Crippen LogP contribution in [0.2, 0.25) is 0 Å². The van der Waals surface area contributed by atoms with Crippen LogP contribution in [0.3, 0.4) is 0 Å². The van der Waals surface area contributed by atoms with Gasteiger partial charge >= 0.3 is 11.9 Å². The molecule has 0 spiro atoms. The van der Waals surface area contributed by atoms with Crippen molar-refractivity contribution in [1.29, 1.82) is 0 Å². The third-order valence-corrected chi connectivity index (χ3v) is 16.3. The first-order valence-corrected chi connectivity index (χ1v) is 22.3. The number of hydrogen-bond acceptors (Lipinski definition) is 16. The summed E-state index contributed by atoms with van der Waals surface area (Å²) in [6.45, 7) is 11.7. The first-order chi connectivity index (χ1) is 28.4. The zero-order valence-corrected chi connectivity index (χ0v) is 35.7. The van der Waals surface area contributed by atoms with Crippen LogP contribution in [0, 0.1) is 34.5 Å². The van der Waals surface area contributed by atoms with Crippen LogP contribution >= 0.6 is 0 Å². The summed E-state index contributed by atoms with van der Waals surface area (Å²) in [4.78, 5) is 35.3. The van der Waals surface area contributed by atoms with E-state index in [4.69, 9.17) is 42.6 Å². The minimum atomic E-state index is -1.05. The number of aliphatic hydroxyl groups is 4. The zero-order valence-electron chi connectivity index (χ0n) is 35.7. The van der Waals surface area contributed by atoms with E-state index in [2.05, 4.69) is 13.8 Å². The number of ether oxygens (including phenoxy) is 9. The molecule has 0 radical (unpaired) electrons. The van der Waals surface area contributed by atoms with Gasteiger partial charge in [-0.3, -0.25) is 9.59 Å². The Bertz CT molecular complexity index is 1600. The molecule has 0 aromatic carbocycles. The molecule has 7 fully saturated rings. The number of cyclic esters (lactones) is 1. The van der Waals surface area contributed by atoms with E-state index in [0.717, 1.165) is 50.5 Å². The molecule has 16 nitrogen and oxygen atoms in total. The Morgan fingerprint density at radius 2 is 1.43 bits per heavy atom. The van der Waals surface area contributed by atoms with Crippen LogP contribution in [0.5, 0.6) is 0 Å². The lowest BCUT2D eigenvalue weighted by Crippen LogP contribution is -2.62. The molecule has 0 amide bonds. The van der Waals surface area contributed by atoms with Gasteiger partial charge in [0.2, 0.25) is 0 Å². The Balaban J connectivity index is 0.835. The standard InChI is InChI=1S/C44H66O16/c1-21-39(50)32(57-24(4)46)17-37(54-21)60-41-23(3)56-36(16-31(41)48)59-40-22(2)55-35(15-30(40)47)58-27-9-11-42(5)26(14-27)7-8-29-28(42)10-12-43(6)38(25-13-34(49)52-19-25)33(53-20-45)18-44(29,43)51/h13,20-23,26-33,35-41,47-48,50-51H,7-12,14-19H2,1-6H3. The molecule has 21 atom stereocenters. The Kier molecular flexibility index (Phi) is 12.6. The second kappa shape index (κ2) is 17.0. The van der Waals surface area contributed by atoms with Gasteiger partial charge in [-0.15, -0.1) is 0 Å². The lowest BCUT2D eigenvalue weighted by molar-refractivity contribution is -0.336. The molecular formula is C44H66O16. The third-order valence-electron chi connectivity index (χ3n) is 16.3. The Morgan fingerprint density at radius 1 is 0.800 bits per heavy atom. The van der Waals surface area contributed by atoms with Gasteiger partial charge in [0, 0.05) is 50.0 Å². The Hall–Kier alpha value is -2.25. The first kappa shape index (κ1) is 44.4. The summed E-state index contributed by atoms with van der Waals surface area (Å²) in [6, 6.07) is 0. The number of hydrogen-bond donors (Lipinski definition) is 4. The van der Waals surface area contributed by atoms with Gasteiger partial charge in [0.15, 0.2) is 18.9 Å². The maximum Gasteiger partial charge on any atom is 0.331 e. The summed E-state index contributed by atoms with van der Waals surface area (Å²) >= 11 is 0. The number of aliphatic hydroxyl groups excluding tert-OH is 3. The lowest BCUT2D eigenvalue weighted by atomic mass is 9.43. The molecule has 4 heterocycles. The van der Waals surface area contributed by atoms with E-state index in [1.165, 1.54) is 13.0 Å². The van der Waals surface area contributed by atoms with Gasteiger partial charge in [-0.05, 0) is 94.5 Å². The molecule has 0 bridgehead atoms. The van der Waals surface area contributed by atoms with Crippen LogP contribution in [0.1, 0.15) is 112 Å². The molecule has 4 N–H and O–H groups in total. The van der Waals surface area contributed by atoms with Gasteiger partial charge < -0.3 is 63.1 Å². The largest absolute Gasteiger partial charge is 0.464 e. The summed E-state index contributed by atoms with van der Waals surface area (Å²) in [5.41, 5.74) is -0.816. The SMILES string of the molecule is CC(=O)OC1CC(OC2C(O)CC(OC3C(O)CC(OC4CCC5(C)C(CCC6C5CCC5(C)C(C7=CC(=O)OC7)C(OC=O)CC65O)C4)OC3C)OC2C)OC(C)C1O. The average Bonchev–Trinajstić information content (AvgIpc) is 3.69. The van der Waals surface area contributed by atoms with Crippen molar-refractivity contribution in [1.82, 2.24) is 0 Å². The van der Waals surface area contributed by atoms with Crippen LogP contribution in [0.4, 0.5) is 0 Å². The van der Waals surface area contributed by atoms with Crippen molar-refractivity contribution in [2.24, 2.45) is 34.5 Å². The van der Waals surface area contributed by atoms with Crippen molar-refractivity contribution >= 4 is 18.4 Å². The molecule has 16 heteroatoms. The fourth-order valence-electron chi connectivity index (χ4n) is 13.3. The predicted molar refractivity (Wildman–Crippen MR) is 207 cm³/mol. The minimum Gasteiger partial charge on any atom is -0.464 e. The van der Waals surface area contributed by atoms with Crippen molar-refractivity contribution in [2.45, 2.75) is 204 Å². The number of carbonyl (C=O) groups is 3. The van der Waals surface area contributed by atoms with E-state index in [9.17, 15) is 34.8 Å². The molecule has 338 valence electrons. The summed E-state index contributed by atoms with van der Waals surface area (Å²) in [5, 5.41) is 45.7. The van der Waals surface area contributed by atoms with Gasteiger partial charge in [-0.2, -0.15) is 0 Å². The Labute approximate surface area is 351 Å². The molecule has 60 heavy (non-hydrogen) atoms. The highest BCUT2D eigenvalue weighted by Crippen LogP contribution is 2.70. The maximum atomic E-state index is 12.8. The summed E-state index contributed by atoms with van der Waals surface area (Å²) in [7, 11) is 0. The molecular weight excluding hydrogens is 784 g/mol. The molecule has 4 aliphatic carbocycles. The van der Waals surface area contributed by atoms with Crippen LogP contribution in [0.25, 0.3) is 0 Å². The highest BCUT2D eigenvalue weighted by atomic mass is 16.7. The minimum absolute atomic E-state index is 0.00771. The first-order valence-electron chi connectivity index (χ1n) is 22.3.